The van der Waals surface area contributed by atoms with E-state index in [0.717, 1.165) is 32.4 Å². The molecule has 2 rings (SSSR count). The molecule has 1 aromatic rings. The van der Waals surface area contributed by atoms with E-state index in [9.17, 15) is 14.3 Å². The lowest BCUT2D eigenvalue weighted by Crippen LogP contribution is -2.30. The van der Waals surface area contributed by atoms with Gasteiger partial charge in [-0.25, -0.2) is 4.39 Å². The topological polar surface area (TPSA) is 40.5 Å². The zero-order chi connectivity index (χ0) is 14.6. The molecule has 0 radical (unpaired) electrons. The highest BCUT2D eigenvalue weighted by atomic mass is 19.1. The van der Waals surface area contributed by atoms with Crippen LogP contribution in [0.25, 0.3) is 0 Å². The number of likely N-dealkylation sites (tertiary alicyclic amines) is 1. The van der Waals surface area contributed by atoms with E-state index in [1.165, 1.54) is 12.1 Å². The minimum absolute atomic E-state index is 0.154. The lowest BCUT2D eigenvalue weighted by molar-refractivity contribution is 0.0447. The van der Waals surface area contributed by atoms with Crippen molar-refractivity contribution in [1.82, 2.24) is 4.90 Å². The van der Waals surface area contributed by atoms with E-state index in [2.05, 4.69) is 4.90 Å². The normalized spacial score (nSPS) is 24.4. The minimum atomic E-state index is -0.593. The van der Waals surface area contributed by atoms with Gasteiger partial charge in [-0.3, -0.25) is 4.79 Å². The summed E-state index contributed by atoms with van der Waals surface area (Å²) in [7, 11) is 0. The number of halogens is 1. The Morgan fingerprint density at radius 2 is 2.10 bits per heavy atom. The van der Waals surface area contributed by atoms with Crippen molar-refractivity contribution in [3.63, 3.8) is 0 Å². The molecule has 20 heavy (non-hydrogen) atoms. The van der Waals surface area contributed by atoms with Crippen LogP contribution in [0.3, 0.4) is 0 Å². The van der Waals surface area contributed by atoms with Crippen LogP contribution < -0.4 is 0 Å². The van der Waals surface area contributed by atoms with Gasteiger partial charge < -0.3 is 10.0 Å². The average Bonchev–Trinajstić information content (AvgIpc) is 2.57. The first-order chi connectivity index (χ1) is 9.48. The summed E-state index contributed by atoms with van der Waals surface area (Å²) in [6.45, 7) is 4.17. The lowest BCUT2D eigenvalue weighted by Gasteiger charge is -2.22. The molecule has 0 saturated carbocycles. The highest BCUT2D eigenvalue weighted by Gasteiger charge is 2.25. The van der Waals surface area contributed by atoms with Gasteiger partial charge in [-0.05, 0) is 44.9 Å². The van der Waals surface area contributed by atoms with Crippen molar-refractivity contribution >= 4 is 5.78 Å². The van der Waals surface area contributed by atoms with Gasteiger partial charge in [0.1, 0.15) is 5.82 Å². The van der Waals surface area contributed by atoms with E-state index >= 15 is 0 Å². The van der Waals surface area contributed by atoms with Crippen molar-refractivity contribution in [1.29, 1.82) is 0 Å². The second kappa shape index (κ2) is 6.46. The van der Waals surface area contributed by atoms with E-state index in [1.807, 2.05) is 6.92 Å². The molecule has 1 saturated heterocycles. The minimum Gasteiger partial charge on any atom is -0.390 e. The number of hydrogen-bond acceptors (Lipinski definition) is 3. The molecule has 3 nitrogen and oxygen atoms in total. The molecule has 4 heteroatoms. The predicted octanol–water partition coefficient (Wildman–Crippen LogP) is 2.64. The Kier molecular flexibility index (Phi) is 4.89. The fourth-order valence-electron chi connectivity index (χ4n) is 2.62. The molecule has 1 fully saturated rings. The SMILES string of the molecule is CC1(O)CCCN(CCC(=O)c2ccccc2F)CC1. The lowest BCUT2D eigenvalue weighted by atomic mass is 9.98. The Balaban J connectivity index is 1.86. The number of aliphatic hydroxyl groups is 1. The Morgan fingerprint density at radius 3 is 2.85 bits per heavy atom. The first-order valence-corrected chi connectivity index (χ1v) is 7.20. The highest BCUT2D eigenvalue weighted by Crippen LogP contribution is 2.21. The van der Waals surface area contributed by atoms with E-state index < -0.39 is 11.4 Å². The van der Waals surface area contributed by atoms with Crippen molar-refractivity contribution in [2.24, 2.45) is 0 Å². The Labute approximate surface area is 119 Å². The summed E-state index contributed by atoms with van der Waals surface area (Å²) in [5.41, 5.74) is -0.418. The third-order valence-corrected chi connectivity index (χ3v) is 3.99. The van der Waals surface area contributed by atoms with Crippen LogP contribution in [0, 0.1) is 5.82 Å². The van der Waals surface area contributed by atoms with Crippen LogP contribution in [0.4, 0.5) is 4.39 Å². The number of hydrogen-bond donors (Lipinski definition) is 1. The summed E-state index contributed by atoms with van der Waals surface area (Å²) >= 11 is 0. The number of nitrogens with zero attached hydrogens (tertiary/aromatic N) is 1. The van der Waals surface area contributed by atoms with Crippen LogP contribution in [0.2, 0.25) is 0 Å². The molecule has 1 heterocycles. The van der Waals surface area contributed by atoms with Crippen LogP contribution in [-0.2, 0) is 0 Å². The molecule has 1 unspecified atom stereocenters. The molecule has 1 atom stereocenters. The maximum absolute atomic E-state index is 13.5. The predicted molar refractivity (Wildman–Crippen MR) is 76.3 cm³/mol. The second-order valence-corrected chi connectivity index (χ2v) is 5.85. The van der Waals surface area contributed by atoms with Gasteiger partial charge in [0.2, 0.25) is 0 Å². The van der Waals surface area contributed by atoms with Gasteiger partial charge >= 0.3 is 0 Å². The van der Waals surface area contributed by atoms with Crippen LogP contribution in [0.15, 0.2) is 24.3 Å². The molecular weight excluding hydrogens is 257 g/mol. The molecule has 1 N–H and O–H groups in total. The van der Waals surface area contributed by atoms with Gasteiger partial charge in [-0.2, -0.15) is 0 Å². The van der Waals surface area contributed by atoms with Crippen LogP contribution in [-0.4, -0.2) is 41.0 Å². The molecule has 0 bridgehead atoms. The number of carbonyl (C=O) groups is 1. The molecule has 0 amide bonds. The van der Waals surface area contributed by atoms with Gasteiger partial charge in [-0.15, -0.1) is 0 Å². The van der Waals surface area contributed by atoms with Crippen molar-refractivity contribution in [2.75, 3.05) is 19.6 Å². The molecule has 1 aromatic carbocycles. The van der Waals surface area contributed by atoms with Crippen molar-refractivity contribution < 1.29 is 14.3 Å². The Bertz CT molecular complexity index is 473. The molecule has 0 aliphatic carbocycles. The van der Waals surface area contributed by atoms with E-state index in [-0.39, 0.29) is 11.3 Å². The maximum atomic E-state index is 13.5. The van der Waals surface area contributed by atoms with Gasteiger partial charge in [0.15, 0.2) is 5.78 Å². The monoisotopic (exact) mass is 279 g/mol. The van der Waals surface area contributed by atoms with Gasteiger partial charge in [-0.1, -0.05) is 12.1 Å². The quantitative estimate of drug-likeness (QED) is 0.861. The molecular formula is C16H22FNO2. The summed E-state index contributed by atoms with van der Waals surface area (Å²) in [6.07, 6.45) is 2.77. The number of benzene rings is 1. The Hall–Kier alpha value is -1.26. The average molecular weight is 279 g/mol. The van der Waals surface area contributed by atoms with E-state index in [0.29, 0.717) is 13.0 Å². The maximum Gasteiger partial charge on any atom is 0.167 e. The van der Waals surface area contributed by atoms with Crippen LogP contribution in [0.5, 0.6) is 0 Å². The van der Waals surface area contributed by atoms with Crippen LogP contribution in [0.1, 0.15) is 43.0 Å². The molecule has 110 valence electrons. The number of carbonyl (C=O) groups excluding carboxylic acids is 1. The summed E-state index contributed by atoms with van der Waals surface area (Å²) in [6, 6.07) is 6.11. The molecule has 1 aliphatic rings. The van der Waals surface area contributed by atoms with Crippen molar-refractivity contribution in [3.8, 4) is 0 Å². The smallest absolute Gasteiger partial charge is 0.167 e. The number of Topliss-reactive ketones (excluding diaryl/α,β-unsaturated/α-hetero) is 1. The zero-order valence-corrected chi connectivity index (χ0v) is 11.9. The zero-order valence-electron chi connectivity index (χ0n) is 11.9. The highest BCUT2D eigenvalue weighted by molar-refractivity contribution is 5.96. The van der Waals surface area contributed by atoms with Crippen molar-refractivity contribution in [2.45, 2.75) is 38.2 Å². The second-order valence-electron chi connectivity index (χ2n) is 5.85. The molecule has 0 aromatic heterocycles. The van der Waals surface area contributed by atoms with E-state index in [1.54, 1.807) is 12.1 Å². The van der Waals surface area contributed by atoms with Crippen LogP contribution >= 0.6 is 0 Å². The summed E-state index contributed by atoms with van der Waals surface area (Å²) in [5, 5.41) is 10.0. The summed E-state index contributed by atoms with van der Waals surface area (Å²) in [5.74, 6) is -0.601. The first-order valence-electron chi connectivity index (χ1n) is 7.20. The standard InChI is InChI=1S/C16H22FNO2/c1-16(20)8-4-10-18(12-9-16)11-7-15(19)13-5-2-3-6-14(13)17/h2-3,5-6,20H,4,7-12H2,1H3. The fourth-order valence-corrected chi connectivity index (χ4v) is 2.62. The van der Waals surface area contributed by atoms with Crippen molar-refractivity contribution in [3.05, 3.63) is 35.6 Å². The van der Waals surface area contributed by atoms with Gasteiger partial charge in [0, 0.05) is 19.5 Å². The largest absolute Gasteiger partial charge is 0.390 e. The number of ketones is 1. The van der Waals surface area contributed by atoms with Gasteiger partial charge in [0.25, 0.3) is 0 Å². The van der Waals surface area contributed by atoms with Gasteiger partial charge in [0.05, 0.1) is 11.2 Å². The molecule has 1 aliphatic heterocycles. The summed E-state index contributed by atoms with van der Waals surface area (Å²) < 4.78 is 13.5. The third kappa shape index (κ3) is 4.12. The Morgan fingerprint density at radius 1 is 1.35 bits per heavy atom. The summed E-state index contributed by atoms with van der Waals surface area (Å²) in [4.78, 5) is 14.2. The first kappa shape index (κ1) is 15.1. The third-order valence-electron chi connectivity index (χ3n) is 3.99. The molecule has 0 spiro atoms. The number of rotatable bonds is 4. The fraction of sp³-hybridized carbons (Fsp3) is 0.562. The van der Waals surface area contributed by atoms with E-state index in [4.69, 9.17) is 0 Å².